The van der Waals surface area contributed by atoms with E-state index in [1.807, 2.05) is 57.2 Å². The SMILES string of the molecule is COc1ccc2c(C)c(CCC(=O)NC(C)c3nc4ccccc4[nH]3)c(=O)oc2c1C. The first-order valence-corrected chi connectivity index (χ1v) is 10.2. The Kier molecular flexibility index (Phi) is 5.50. The highest BCUT2D eigenvalue weighted by Gasteiger charge is 2.18. The van der Waals surface area contributed by atoms with Gasteiger partial charge in [-0.3, -0.25) is 4.79 Å². The molecule has 2 aromatic heterocycles. The molecular weight excluding hydrogens is 394 g/mol. The van der Waals surface area contributed by atoms with E-state index in [9.17, 15) is 9.59 Å². The second kappa shape index (κ2) is 8.26. The number of ether oxygens (including phenoxy) is 1. The number of fused-ring (bicyclic) bond motifs is 2. The first kappa shape index (κ1) is 20.7. The number of carbonyl (C=O) groups excluding carboxylic acids is 1. The van der Waals surface area contributed by atoms with E-state index in [4.69, 9.17) is 9.15 Å². The van der Waals surface area contributed by atoms with Gasteiger partial charge in [-0.15, -0.1) is 0 Å². The van der Waals surface area contributed by atoms with E-state index < -0.39 is 5.63 Å². The van der Waals surface area contributed by atoms with Gasteiger partial charge in [-0.05, 0) is 57.0 Å². The van der Waals surface area contributed by atoms with Crippen molar-refractivity contribution < 1.29 is 13.9 Å². The largest absolute Gasteiger partial charge is 0.496 e. The topological polar surface area (TPSA) is 97.2 Å². The Labute approximate surface area is 179 Å². The van der Waals surface area contributed by atoms with Gasteiger partial charge >= 0.3 is 5.63 Å². The van der Waals surface area contributed by atoms with Gasteiger partial charge in [0.15, 0.2) is 0 Å². The minimum absolute atomic E-state index is 0.155. The average molecular weight is 419 g/mol. The number of methoxy groups -OCH3 is 1. The van der Waals surface area contributed by atoms with Gasteiger partial charge in [0.2, 0.25) is 5.91 Å². The van der Waals surface area contributed by atoms with E-state index in [0.717, 1.165) is 27.5 Å². The van der Waals surface area contributed by atoms with Gasteiger partial charge in [-0.1, -0.05) is 12.1 Å². The van der Waals surface area contributed by atoms with Crippen LogP contribution in [0.3, 0.4) is 0 Å². The smallest absolute Gasteiger partial charge is 0.339 e. The standard InChI is InChI=1S/C24H25N3O4/c1-13-16-9-11-20(30-4)14(2)22(16)31-24(29)17(13)10-12-21(28)25-15(3)23-26-18-7-5-6-8-19(18)27-23/h5-9,11,15H,10,12H2,1-4H3,(H,25,28)(H,26,27). The van der Waals surface area contributed by atoms with E-state index in [1.54, 1.807) is 7.11 Å². The van der Waals surface area contributed by atoms with E-state index in [0.29, 0.717) is 29.1 Å². The lowest BCUT2D eigenvalue weighted by atomic mass is 10.00. The summed E-state index contributed by atoms with van der Waals surface area (Å²) in [5.74, 6) is 1.21. The third-order valence-corrected chi connectivity index (χ3v) is 5.67. The maximum absolute atomic E-state index is 12.6. The highest BCUT2D eigenvalue weighted by molar-refractivity contribution is 5.86. The number of hydrogen-bond acceptors (Lipinski definition) is 5. The van der Waals surface area contributed by atoms with Crippen molar-refractivity contribution in [2.75, 3.05) is 7.11 Å². The van der Waals surface area contributed by atoms with Crippen LogP contribution >= 0.6 is 0 Å². The van der Waals surface area contributed by atoms with E-state index >= 15 is 0 Å². The van der Waals surface area contributed by atoms with Gasteiger partial charge in [0.05, 0.1) is 24.2 Å². The number of rotatable bonds is 6. The lowest BCUT2D eigenvalue weighted by Crippen LogP contribution is -2.28. The third-order valence-electron chi connectivity index (χ3n) is 5.67. The van der Waals surface area contributed by atoms with Crippen LogP contribution in [0.1, 0.15) is 41.9 Å². The minimum Gasteiger partial charge on any atom is -0.496 e. The lowest BCUT2D eigenvalue weighted by Gasteiger charge is -2.13. The van der Waals surface area contributed by atoms with Crippen molar-refractivity contribution >= 4 is 27.9 Å². The molecular formula is C24H25N3O4. The number of H-pyrrole nitrogens is 1. The Morgan fingerprint density at radius 2 is 1.97 bits per heavy atom. The summed E-state index contributed by atoms with van der Waals surface area (Å²) in [6.07, 6.45) is 0.477. The Morgan fingerprint density at radius 1 is 1.19 bits per heavy atom. The molecule has 1 atom stereocenters. The Bertz CT molecular complexity index is 1300. The molecule has 0 saturated heterocycles. The van der Waals surface area contributed by atoms with Gasteiger partial charge in [0.1, 0.15) is 17.2 Å². The minimum atomic E-state index is -0.417. The van der Waals surface area contributed by atoms with Gasteiger partial charge in [0, 0.05) is 22.9 Å². The van der Waals surface area contributed by atoms with Crippen LogP contribution in [0.5, 0.6) is 5.75 Å². The first-order valence-electron chi connectivity index (χ1n) is 10.2. The fourth-order valence-corrected chi connectivity index (χ4v) is 3.88. The van der Waals surface area contributed by atoms with Crippen LogP contribution in [0.15, 0.2) is 45.6 Å². The number of benzene rings is 2. The van der Waals surface area contributed by atoms with Crippen molar-refractivity contribution in [1.82, 2.24) is 15.3 Å². The van der Waals surface area contributed by atoms with Crippen LogP contribution in [0.25, 0.3) is 22.0 Å². The van der Waals surface area contributed by atoms with Gasteiger partial charge in [0.25, 0.3) is 0 Å². The molecule has 0 aliphatic carbocycles. The van der Waals surface area contributed by atoms with E-state index in [-0.39, 0.29) is 18.4 Å². The molecule has 2 heterocycles. The molecule has 0 radical (unpaired) electrons. The average Bonchev–Trinajstić information content (AvgIpc) is 3.19. The summed E-state index contributed by atoms with van der Waals surface area (Å²) in [6.45, 7) is 5.62. The van der Waals surface area contributed by atoms with Crippen LogP contribution in [0, 0.1) is 13.8 Å². The van der Waals surface area contributed by atoms with Gasteiger partial charge < -0.3 is 19.5 Å². The number of amides is 1. The summed E-state index contributed by atoms with van der Waals surface area (Å²) in [6, 6.07) is 11.2. The molecule has 2 N–H and O–H groups in total. The predicted octanol–water partition coefficient (Wildman–Crippen LogP) is 4.10. The summed E-state index contributed by atoms with van der Waals surface area (Å²) in [7, 11) is 1.58. The fraction of sp³-hybridized carbons (Fsp3) is 0.292. The van der Waals surface area contributed by atoms with Crippen molar-refractivity contribution in [2.24, 2.45) is 0 Å². The predicted molar refractivity (Wildman–Crippen MR) is 119 cm³/mol. The number of aromatic nitrogens is 2. The molecule has 1 amide bonds. The van der Waals surface area contributed by atoms with Crippen LogP contribution < -0.4 is 15.7 Å². The molecule has 1 unspecified atom stereocenters. The normalized spacial score (nSPS) is 12.3. The van der Waals surface area contributed by atoms with Crippen molar-refractivity contribution in [2.45, 2.75) is 39.7 Å². The molecule has 7 nitrogen and oxygen atoms in total. The number of nitrogens with zero attached hydrogens (tertiary/aromatic N) is 1. The van der Waals surface area contributed by atoms with Crippen molar-refractivity contribution in [3.05, 3.63) is 69.3 Å². The molecule has 4 aromatic rings. The molecule has 0 bridgehead atoms. The second-order valence-corrected chi connectivity index (χ2v) is 7.69. The Balaban J connectivity index is 1.49. The van der Waals surface area contributed by atoms with Gasteiger partial charge in [-0.25, -0.2) is 9.78 Å². The van der Waals surface area contributed by atoms with E-state index in [1.165, 1.54) is 0 Å². The Hall–Kier alpha value is -3.61. The maximum atomic E-state index is 12.6. The molecule has 7 heteroatoms. The highest BCUT2D eigenvalue weighted by Crippen LogP contribution is 2.29. The summed E-state index contributed by atoms with van der Waals surface area (Å²) in [5, 5.41) is 3.80. The van der Waals surface area contributed by atoms with Gasteiger partial charge in [-0.2, -0.15) is 0 Å². The fourth-order valence-electron chi connectivity index (χ4n) is 3.88. The zero-order chi connectivity index (χ0) is 22.1. The molecule has 0 aliphatic heterocycles. The summed E-state index contributed by atoms with van der Waals surface area (Å²) in [5.41, 5.74) is 4.01. The van der Waals surface area contributed by atoms with Crippen LogP contribution in [-0.4, -0.2) is 23.0 Å². The Morgan fingerprint density at radius 3 is 2.71 bits per heavy atom. The number of imidazole rings is 1. The number of para-hydroxylation sites is 2. The molecule has 160 valence electrons. The first-order chi connectivity index (χ1) is 14.9. The third kappa shape index (κ3) is 3.91. The maximum Gasteiger partial charge on any atom is 0.339 e. The molecule has 0 spiro atoms. The highest BCUT2D eigenvalue weighted by atomic mass is 16.5. The van der Waals surface area contributed by atoms with Crippen LogP contribution in [-0.2, 0) is 11.2 Å². The number of carbonyl (C=O) groups is 1. The molecule has 4 rings (SSSR count). The van der Waals surface area contributed by atoms with E-state index in [2.05, 4.69) is 15.3 Å². The molecule has 0 saturated carbocycles. The number of aromatic amines is 1. The van der Waals surface area contributed by atoms with Crippen LogP contribution in [0.4, 0.5) is 0 Å². The zero-order valence-corrected chi connectivity index (χ0v) is 18.0. The van der Waals surface area contributed by atoms with Crippen molar-refractivity contribution in [1.29, 1.82) is 0 Å². The van der Waals surface area contributed by atoms with Crippen LogP contribution in [0.2, 0.25) is 0 Å². The summed E-state index contributed by atoms with van der Waals surface area (Å²) in [4.78, 5) is 32.9. The molecule has 31 heavy (non-hydrogen) atoms. The molecule has 0 aliphatic rings. The quantitative estimate of drug-likeness (QED) is 0.459. The number of nitrogens with one attached hydrogen (secondary N) is 2. The molecule has 0 fully saturated rings. The van der Waals surface area contributed by atoms with Crippen molar-refractivity contribution in [3.63, 3.8) is 0 Å². The van der Waals surface area contributed by atoms with Crippen molar-refractivity contribution in [3.8, 4) is 5.75 Å². The zero-order valence-electron chi connectivity index (χ0n) is 18.0. The number of aryl methyl sites for hydroxylation is 2. The monoisotopic (exact) mass is 419 g/mol. The molecule has 2 aromatic carbocycles. The summed E-state index contributed by atoms with van der Waals surface area (Å²) < 4.78 is 10.9. The second-order valence-electron chi connectivity index (χ2n) is 7.69. The number of hydrogen-bond donors (Lipinski definition) is 2. The lowest BCUT2D eigenvalue weighted by molar-refractivity contribution is -0.121. The summed E-state index contributed by atoms with van der Waals surface area (Å²) >= 11 is 0.